The van der Waals surface area contributed by atoms with E-state index in [4.69, 9.17) is 21.1 Å². The van der Waals surface area contributed by atoms with Crippen molar-refractivity contribution < 1.29 is 28.2 Å². The van der Waals surface area contributed by atoms with Gasteiger partial charge in [-0.25, -0.2) is 9.18 Å². The number of piperidine rings is 1. The van der Waals surface area contributed by atoms with Crippen molar-refractivity contribution in [2.75, 3.05) is 18.5 Å². The van der Waals surface area contributed by atoms with Gasteiger partial charge in [-0.2, -0.15) is 0 Å². The van der Waals surface area contributed by atoms with Gasteiger partial charge in [-0.15, -0.1) is 0 Å². The molecule has 10 heteroatoms. The van der Waals surface area contributed by atoms with Crippen molar-refractivity contribution in [1.29, 1.82) is 0 Å². The topological polar surface area (TPSA) is 97.0 Å². The van der Waals surface area contributed by atoms with E-state index in [2.05, 4.69) is 10.6 Å². The fraction of sp³-hybridized carbons (Fsp3) is 0.400. The Hall–Kier alpha value is -3.33. The molecule has 2 aromatic rings. The highest BCUT2D eigenvalue weighted by molar-refractivity contribution is 6.30. The summed E-state index contributed by atoms with van der Waals surface area (Å²) in [6, 6.07) is 11.7. The first-order chi connectivity index (χ1) is 16.5. The normalized spacial score (nSPS) is 17.9. The van der Waals surface area contributed by atoms with E-state index in [0.717, 1.165) is 6.07 Å². The van der Waals surface area contributed by atoms with Crippen molar-refractivity contribution in [2.24, 2.45) is 0 Å². The molecule has 0 saturated carbocycles. The molecule has 0 aromatic heterocycles. The predicted molar refractivity (Wildman–Crippen MR) is 130 cm³/mol. The second kappa shape index (κ2) is 11.4. The molecule has 1 aliphatic heterocycles. The van der Waals surface area contributed by atoms with Gasteiger partial charge in [0, 0.05) is 24.3 Å². The maximum atomic E-state index is 13.6. The minimum absolute atomic E-state index is 0.0444. The average molecular weight is 506 g/mol. The first-order valence-corrected chi connectivity index (χ1v) is 11.6. The van der Waals surface area contributed by atoms with E-state index in [9.17, 15) is 18.8 Å². The Balaban J connectivity index is 1.63. The van der Waals surface area contributed by atoms with Crippen LogP contribution in [0.4, 0.5) is 14.9 Å². The molecule has 1 heterocycles. The summed E-state index contributed by atoms with van der Waals surface area (Å²) in [6.45, 7) is 4.96. The van der Waals surface area contributed by atoms with E-state index >= 15 is 0 Å². The van der Waals surface area contributed by atoms with Crippen molar-refractivity contribution in [2.45, 2.75) is 51.3 Å². The molecule has 1 aliphatic rings. The molecular weight excluding hydrogens is 477 g/mol. The van der Waals surface area contributed by atoms with Gasteiger partial charge in [0.15, 0.2) is 6.61 Å². The Morgan fingerprint density at radius 3 is 2.49 bits per heavy atom. The number of para-hydroxylation sites is 1. The van der Waals surface area contributed by atoms with Crippen LogP contribution in [0, 0.1) is 5.82 Å². The number of likely N-dealkylation sites (tertiary alicyclic amines) is 1. The van der Waals surface area contributed by atoms with E-state index in [1.165, 1.54) is 17.0 Å². The molecule has 2 N–H and O–H groups in total. The van der Waals surface area contributed by atoms with E-state index in [1.807, 2.05) is 6.07 Å². The molecule has 3 amide bonds. The van der Waals surface area contributed by atoms with Crippen LogP contribution >= 0.6 is 11.6 Å². The summed E-state index contributed by atoms with van der Waals surface area (Å²) in [4.78, 5) is 39.7. The van der Waals surface area contributed by atoms with Crippen LogP contribution in [-0.2, 0) is 14.3 Å². The Kier molecular flexibility index (Phi) is 8.56. The van der Waals surface area contributed by atoms with Gasteiger partial charge < -0.3 is 20.1 Å². The largest absolute Gasteiger partial charge is 0.484 e. The van der Waals surface area contributed by atoms with Crippen LogP contribution in [0.5, 0.6) is 5.75 Å². The first-order valence-electron chi connectivity index (χ1n) is 11.2. The summed E-state index contributed by atoms with van der Waals surface area (Å²) in [5.74, 6) is -1.26. The summed E-state index contributed by atoms with van der Waals surface area (Å²) >= 11 is 5.65. The molecule has 0 bridgehead atoms. The van der Waals surface area contributed by atoms with Gasteiger partial charge in [0.1, 0.15) is 23.2 Å². The standard InChI is InChI=1S/C25H29ClFN3O5/c1-25(2,3)35-24(33)30-14-17(9-12-21(30)23(32)29-16-7-5-4-6-8-16)28-22(31)15-34-18-10-11-19(26)20(27)13-18/h4-8,10-11,13,17,21H,9,12,14-15H2,1-3H3,(H,28,31)(H,29,32)/t17-,21+/m0/s1. The Labute approximate surface area is 208 Å². The van der Waals surface area contributed by atoms with Crippen LogP contribution in [0.15, 0.2) is 48.5 Å². The molecule has 3 rings (SSSR count). The van der Waals surface area contributed by atoms with Crippen molar-refractivity contribution in [3.8, 4) is 5.75 Å². The number of hydrogen-bond donors (Lipinski definition) is 2. The quantitative estimate of drug-likeness (QED) is 0.607. The molecule has 0 radical (unpaired) electrons. The lowest BCUT2D eigenvalue weighted by Crippen LogP contribution is -2.58. The third-order valence-corrected chi connectivity index (χ3v) is 5.49. The fourth-order valence-electron chi connectivity index (χ4n) is 3.62. The first kappa shape index (κ1) is 26.3. The summed E-state index contributed by atoms with van der Waals surface area (Å²) in [5, 5.41) is 5.59. The highest BCUT2D eigenvalue weighted by atomic mass is 35.5. The third-order valence-electron chi connectivity index (χ3n) is 5.18. The molecular formula is C25H29ClFN3O5. The molecule has 0 spiro atoms. The van der Waals surface area contributed by atoms with Crippen molar-refractivity contribution in [3.05, 3.63) is 59.4 Å². The number of halogens is 2. The van der Waals surface area contributed by atoms with Gasteiger partial charge in [-0.1, -0.05) is 29.8 Å². The molecule has 1 fully saturated rings. The molecule has 35 heavy (non-hydrogen) atoms. The lowest BCUT2D eigenvalue weighted by Gasteiger charge is -2.39. The number of carbonyl (C=O) groups is 3. The lowest BCUT2D eigenvalue weighted by molar-refractivity contribution is -0.125. The lowest BCUT2D eigenvalue weighted by atomic mass is 9.97. The maximum Gasteiger partial charge on any atom is 0.411 e. The molecule has 2 atom stereocenters. The number of benzene rings is 2. The highest BCUT2D eigenvalue weighted by Crippen LogP contribution is 2.23. The van der Waals surface area contributed by atoms with Gasteiger partial charge in [0.05, 0.1) is 5.02 Å². The summed E-state index contributed by atoms with van der Waals surface area (Å²) in [6.07, 6.45) is 0.150. The Morgan fingerprint density at radius 2 is 1.83 bits per heavy atom. The van der Waals surface area contributed by atoms with Gasteiger partial charge in [-0.05, 0) is 57.9 Å². The monoisotopic (exact) mass is 505 g/mol. The summed E-state index contributed by atoms with van der Waals surface area (Å²) < 4.78 is 24.4. The second-order valence-electron chi connectivity index (χ2n) is 9.21. The van der Waals surface area contributed by atoms with Crippen LogP contribution in [0.25, 0.3) is 0 Å². The number of carbonyl (C=O) groups excluding carboxylic acids is 3. The SMILES string of the molecule is CC(C)(C)OC(=O)N1C[C@@H](NC(=O)COc2ccc(Cl)c(F)c2)CC[C@@H]1C(=O)Nc1ccccc1. The molecule has 2 aromatic carbocycles. The van der Waals surface area contributed by atoms with Crippen molar-refractivity contribution in [1.82, 2.24) is 10.2 Å². The predicted octanol–water partition coefficient (Wildman–Crippen LogP) is 4.38. The Bertz CT molecular complexity index is 1060. The minimum Gasteiger partial charge on any atom is -0.484 e. The number of nitrogens with one attached hydrogen (secondary N) is 2. The number of anilines is 1. The molecule has 188 valence electrons. The average Bonchev–Trinajstić information content (AvgIpc) is 2.79. The van der Waals surface area contributed by atoms with E-state index in [1.54, 1.807) is 45.0 Å². The molecule has 1 saturated heterocycles. The van der Waals surface area contributed by atoms with Crippen molar-refractivity contribution >= 4 is 35.2 Å². The zero-order chi connectivity index (χ0) is 25.6. The maximum absolute atomic E-state index is 13.6. The van der Waals surface area contributed by atoms with Gasteiger partial charge in [-0.3, -0.25) is 14.5 Å². The number of ether oxygens (including phenoxy) is 2. The molecule has 0 unspecified atom stereocenters. The second-order valence-corrected chi connectivity index (χ2v) is 9.62. The van der Waals surface area contributed by atoms with E-state index < -0.39 is 35.5 Å². The van der Waals surface area contributed by atoms with E-state index in [-0.39, 0.29) is 29.8 Å². The fourth-order valence-corrected chi connectivity index (χ4v) is 3.73. The zero-order valence-corrected chi connectivity index (χ0v) is 20.6. The number of nitrogens with zero attached hydrogens (tertiary/aromatic N) is 1. The van der Waals surface area contributed by atoms with Gasteiger partial charge >= 0.3 is 6.09 Å². The zero-order valence-electron chi connectivity index (χ0n) is 19.8. The van der Waals surface area contributed by atoms with Gasteiger partial charge in [0.25, 0.3) is 5.91 Å². The number of amides is 3. The van der Waals surface area contributed by atoms with Gasteiger partial charge in [0.2, 0.25) is 5.91 Å². The van der Waals surface area contributed by atoms with Crippen LogP contribution in [0.1, 0.15) is 33.6 Å². The molecule has 0 aliphatic carbocycles. The summed E-state index contributed by atoms with van der Waals surface area (Å²) in [7, 11) is 0. The third kappa shape index (κ3) is 7.85. The van der Waals surface area contributed by atoms with Crippen LogP contribution in [0.2, 0.25) is 5.02 Å². The number of rotatable bonds is 6. The van der Waals surface area contributed by atoms with Crippen molar-refractivity contribution in [3.63, 3.8) is 0 Å². The summed E-state index contributed by atoms with van der Waals surface area (Å²) in [5.41, 5.74) is -0.136. The smallest absolute Gasteiger partial charge is 0.411 e. The Morgan fingerprint density at radius 1 is 1.11 bits per heavy atom. The van der Waals surface area contributed by atoms with Crippen LogP contribution in [-0.4, -0.2) is 53.6 Å². The van der Waals surface area contributed by atoms with Crippen LogP contribution < -0.4 is 15.4 Å². The minimum atomic E-state index is -0.758. The van der Waals surface area contributed by atoms with E-state index in [0.29, 0.717) is 18.5 Å². The highest BCUT2D eigenvalue weighted by Gasteiger charge is 2.38. The molecule has 8 nitrogen and oxygen atoms in total. The number of hydrogen-bond acceptors (Lipinski definition) is 5. The van der Waals surface area contributed by atoms with Crippen LogP contribution in [0.3, 0.4) is 0 Å².